The minimum Gasteiger partial charge on any atom is -0.468 e. The highest BCUT2D eigenvalue weighted by Gasteiger charge is 2.22. The van der Waals surface area contributed by atoms with Crippen LogP contribution in [0.5, 0.6) is 0 Å². The van der Waals surface area contributed by atoms with Gasteiger partial charge in [0.25, 0.3) is 0 Å². The van der Waals surface area contributed by atoms with Crippen molar-refractivity contribution in [2.24, 2.45) is 5.73 Å². The Morgan fingerprint density at radius 2 is 2.29 bits per heavy atom. The number of nitrogens with one attached hydrogen (secondary N) is 1. The number of nitrogens with two attached hydrogens (primary N) is 1. The van der Waals surface area contributed by atoms with E-state index in [1.807, 2.05) is 12.1 Å². The van der Waals surface area contributed by atoms with Gasteiger partial charge in [0.05, 0.1) is 19.4 Å². The standard InChI is InChI=1S/C12H19N3O2/c13-12(16)9-15(8-11-2-1-7-17-11)10-3-5-14-6-4-10/h1-2,7,10,14H,3-6,8-9H2,(H2,13,16). The van der Waals surface area contributed by atoms with Crippen LogP contribution in [0.15, 0.2) is 22.8 Å². The van der Waals surface area contributed by atoms with Crippen molar-refractivity contribution >= 4 is 5.91 Å². The van der Waals surface area contributed by atoms with Crippen LogP contribution in [-0.2, 0) is 11.3 Å². The molecule has 17 heavy (non-hydrogen) atoms. The molecule has 2 heterocycles. The van der Waals surface area contributed by atoms with Crippen LogP contribution in [0.2, 0.25) is 0 Å². The van der Waals surface area contributed by atoms with E-state index in [2.05, 4.69) is 10.2 Å². The Balaban J connectivity index is 1.98. The van der Waals surface area contributed by atoms with Crippen molar-refractivity contribution in [3.05, 3.63) is 24.2 Å². The summed E-state index contributed by atoms with van der Waals surface area (Å²) in [5, 5.41) is 3.32. The van der Waals surface area contributed by atoms with Crippen LogP contribution in [0.3, 0.4) is 0 Å². The first-order valence-corrected chi connectivity index (χ1v) is 6.01. The molecule has 0 saturated carbocycles. The minimum atomic E-state index is -0.282. The van der Waals surface area contributed by atoms with E-state index in [0.29, 0.717) is 19.1 Å². The first-order chi connectivity index (χ1) is 8.25. The highest BCUT2D eigenvalue weighted by Crippen LogP contribution is 2.15. The summed E-state index contributed by atoms with van der Waals surface area (Å²) >= 11 is 0. The lowest BCUT2D eigenvalue weighted by Gasteiger charge is -2.33. The number of hydrogen-bond donors (Lipinski definition) is 2. The third-order valence-corrected chi connectivity index (χ3v) is 3.12. The van der Waals surface area contributed by atoms with Gasteiger partial charge in [-0.1, -0.05) is 0 Å². The molecule has 0 aliphatic carbocycles. The third-order valence-electron chi connectivity index (χ3n) is 3.12. The maximum absolute atomic E-state index is 11.1. The number of nitrogens with zero attached hydrogens (tertiary/aromatic N) is 1. The minimum absolute atomic E-state index is 0.282. The largest absolute Gasteiger partial charge is 0.468 e. The Kier molecular flexibility index (Phi) is 4.17. The van der Waals surface area contributed by atoms with Crippen LogP contribution in [0, 0.1) is 0 Å². The van der Waals surface area contributed by atoms with E-state index in [9.17, 15) is 4.79 Å². The van der Waals surface area contributed by atoms with Gasteiger partial charge in [0.1, 0.15) is 5.76 Å². The molecule has 0 unspecified atom stereocenters. The molecule has 3 N–H and O–H groups in total. The number of amides is 1. The lowest BCUT2D eigenvalue weighted by molar-refractivity contribution is -0.120. The summed E-state index contributed by atoms with van der Waals surface area (Å²) < 4.78 is 5.33. The second-order valence-corrected chi connectivity index (χ2v) is 4.43. The molecule has 1 aromatic rings. The van der Waals surface area contributed by atoms with Gasteiger partial charge in [0.15, 0.2) is 0 Å². The Bertz CT molecular complexity index is 345. The topological polar surface area (TPSA) is 71.5 Å². The molecule has 1 aliphatic rings. The quantitative estimate of drug-likeness (QED) is 0.773. The summed E-state index contributed by atoms with van der Waals surface area (Å²) in [6, 6.07) is 4.20. The average molecular weight is 237 g/mol. The second kappa shape index (κ2) is 5.84. The van der Waals surface area contributed by atoms with Crippen molar-refractivity contribution in [3.63, 3.8) is 0 Å². The van der Waals surface area contributed by atoms with Gasteiger partial charge >= 0.3 is 0 Å². The first kappa shape index (κ1) is 12.1. The van der Waals surface area contributed by atoms with E-state index >= 15 is 0 Å². The molecule has 5 heteroatoms. The normalized spacial score (nSPS) is 17.5. The van der Waals surface area contributed by atoms with Gasteiger partial charge in [0.2, 0.25) is 5.91 Å². The fourth-order valence-corrected chi connectivity index (χ4v) is 2.29. The maximum Gasteiger partial charge on any atom is 0.231 e. The Hall–Kier alpha value is -1.33. The van der Waals surface area contributed by atoms with Crippen LogP contribution in [0.25, 0.3) is 0 Å². The zero-order valence-corrected chi connectivity index (χ0v) is 9.89. The molecule has 1 aromatic heterocycles. The number of primary amides is 1. The molecule has 1 amide bonds. The van der Waals surface area contributed by atoms with Gasteiger partial charge in [-0.3, -0.25) is 9.69 Å². The van der Waals surface area contributed by atoms with Crippen molar-refractivity contribution in [2.75, 3.05) is 19.6 Å². The predicted octanol–water partition coefficient (Wildman–Crippen LogP) is 0.319. The third kappa shape index (κ3) is 3.57. The van der Waals surface area contributed by atoms with E-state index in [1.165, 1.54) is 0 Å². The highest BCUT2D eigenvalue weighted by atomic mass is 16.3. The molecule has 94 valence electrons. The van der Waals surface area contributed by atoms with E-state index in [1.54, 1.807) is 6.26 Å². The van der Waals surface area contributed by atoms with Crippen LogP contribution in [-0.4, -0.2) is 36.5 Å². The number of furan rings is 1. The fraction of sp³-hybridized carbons (Fsp3) is 0.583. The lowest BCUT2D eigenvalue weighted by Crippen LogP contribution is -2.46. The summed E-state index contributed by atoms with van der Waals surface area (Å²) in [7, 11) is 0. The molecular weight excluding hydrogens is 218 g/mol. The molecule has 1 fully saturated rings. The Morgan fingerprint density at radius 1 is 1.53 bits per heavy atom. The molecule has 5 nitrogen and oxygen atoms in total. The maximum atomic E-state index is 11.1. The molecule has 0 radical (unpaired) electrons. The van der Waals surface area contributed by atoms with Gasteiger partial charge in [-0.25, -0.2) is 0 Å². The van der Waals surface area contributed by atoms with Crippen molar-refractivity contribution in [1.82, 2.24) is 10.2 Å². The van der Waals surface area contributed by atoms with Crippen LogP contribution in [0.4, 0.5) is 0 Å². The summed E-state index contributed by atoms with van der Waals surface area (Å²) in [5.74, 6) is 0.597. The van der Waals surface area contributed by atoms with Gasteiger partial charge in [-0.05, 0) is 38.1 Å². The molecule has 0 atom stereocenters. The molecular formula is C12H19N3O2. The molecule has 2 rings (SSSR count). The summed E-state index contributed by atoms with van der Waals surface area (Å²) in [5.41, 5.74) is 5.30. The smallest absolute Gasteiger partial charge is 0.231 e. The molecule has 0 spiro atoms. The monoisotopic (exact) mass is 237 g/mol. The zero-order valence-electron chi connectivity index (χ0n) is 9.89. The van der Waals surface area contributed by atoms with Gasteiger partial charge in [-0.2, -0.15) is 0 Å². The van der Waals surface area contributed by atoms with Crippen LogP contribution < -0.4 is 11.1 Å². The van der Waals surface area contributed by atoms with Crippen molar-refractivity contribution in [3.8, 4) is 0 Å². The van der Waals surface area contributed by atoms with E-state index in [4.69, 9.17) is 10.2 Å². The van der Waals surface area contributed by atoms with E-state index in [-0.39, 0.29) is 5.91 Å². The van der Waals surface area contributed by atoms with Crippen LogP contribution >= 0.6 is 0 Å². The van der Waals surface area contributed by atoms with Gasteiger partial charge in [-0.15, -0.1) is 0 Å². The van der Waals surface area contributed by atoms with Crippen molar-refractivity contribution < 1.29 is 9.21 Å². The Labute approximate surface area is 101 Å². The number of carbonyl (C=O) groups excluding carboxylic acids is 1. The molecule has 1 saturated heterocycles. The lowest BCUT2D eigenvalue weighted by atomic mass is 10.0. The summed E-state index contributed by atoms with van der Waals surface area (Å²) in [4.78, 5) is 13.2. The SMILES string of the molecule is NC(=O)CN(Cc1ccco1)C1CCNCC1. The number of piperidine rings is 1. The van der Waals surface area contributed by atoms with Gasteiger partial charge < -0.3 is 15.5 Å². The van der Waals surface area contributed by atoms with Crippen molar-refractivity contribution in [1.29, 1.82) is 0 Å². The fourth-order valence-electron chi connectivity index (χ4n) is 2.29. The van der Waals surface area contributed by atoms with E-state index in [0.717, 1.165) is 31.7 Å². The zero-order chi connectivity index (χ0) is 12.1. The van der Waals surface area contributed by atoms with Crippen molar-refractivity contribution in [2.45, 2.75) is 25.4 Å². The van der Waals surface area contributed by atoms with Gasteiger partial charge in [0, 0.05) is 6.04 Å². The average Bonchev–Trinajstić information content (AvgIpc) is 2.82. The number of carbonyl (C=O) groups is 1. The number of hydrogen-bond acceptors (Lipinski definition) is 4. The summed E-state index contributed by atoms with van der Waals surface area (Å²) in [6.45, 7) is 2.95. The molecule has 0 aromatic carbocycles. The number of rotatable bonds is 5. The summed E-state index contributed by atoms with van der Waals surface area (Å²) in [6.07, 6.45) is 3.75. The second-order valence-electron chi connectivity index (χ2n) is 4.43. The predicted molar refractivity (Wildman–Crippen MR) is 64.2 cm³/mol. The molecule has 1 aliphatic heterocycles. The van der Waals surface area contributed by atoms with E-state index < -0.39 is 0 Å². The highest BCUT2D eigenvalue weighted by molar-refractivity contribution is 5.75. The Morgan fingerprint density at radius 3 is 2.88 bits per heavy atom. The molecule has 0 bridgehead atoms. The van der Waals surface area contributed by atoms with Crippen LogP contribution in [0.1, 0.15) is 18.6 Å². The first-order valence-electron chi connectivity index (χ1n) is 6.01.